The number of benzene rings is 1. The summed E-state index contributed by atoms with van der Waals surface area (Å²) in [6.07, 6.45) is 1.51. The van der Waals surface area contributed by atoms with Crippen LogP contribution in [0.5, 0.6) is 0 Å². The van der Waals surface area contributed by atoms with E-state index in [9.17, 15) is 4.39 Å². The number of hydrogen-bond donors (Lipinski definition) is 2. The third-order valence-corrected chi connectivity index (χ3v) is 1.85. The number of nitriles is 1. The van der Waals surface area contributed by atoms with E-state index in [0.717, 1.165) is 6.07 Å². The maximum absolute atomic E-state index is 13.0. The first-order valence-electron chi connectivity index (χ1n) is 4.12. The monoisotopic (exact) mass is 191 g/mol. The van der Waals surface area contributed by atoms with Crippen LogP contribution in [0.15, 0.2) is 18.2 Å². The number of rotatable bonds is 3. The first kappa shape index (κ1) is 10.4. The van der Waals surface area contributed by atoms with Crippen LogP contribution in [0.2, 0.25) is 0 Å². The Balaban J connectivity index is 3.03. The van der Waals surface area contributed by atoms with Gasteiger partial charge in [0.2, 0.25) is 0 Å². The molecule has 0 unspecified atom stereocenters. The summed E-state index contributed by atoms with van der Waals surface area (Å²) in [7, 11) is 0. The van der Waals surface area contributed by atoms with Crippen LogP contribution < -0.4 is 5.73 Å². The van der Waals surface area contributed by atoms with E-state index in [1.54, 1.807) is 0 Å². The molecule has 1 rings (SSSR count). The van der Waals surface area contributed by atoms with Crippen LogP contribution in [-0.4, -0.2) is 6.21 Å². The Kier molecular flexibility index (Phi) is 3.32. The lowest BCUT2D eigenvalue weighted by molar-refractivity contribution is 0.620. The Bertz CT molecular complexity index is 381. The summed E-state index contributed by atoms with van der Waals surface area (Å²) in [6.45, 7) is 0. The van der Waals surface area contributed by atoms with Gasteiger partial charge in [0.1, 0.15) is 5.82 Å². The van der Waals surface area contributed by atoms with E-state index in [0.29, 0.717) is 12.0 Å². The molecule has 14 heavy (non-hydrogen) atoms. The molecule has 0 aliphatic carbocycles. The van der Waals surface area contributed by atoms with E-state index in [2.05, 4.69) is 0 Å². The Morgan fingerprint density at radius 3 is 2.86 bits per heavy atom. The van der Waals surface area contributed by atoms with E-state index >= 15 is 0 Å². The lowest BCUT2D eigenvalue weighted by Crippen LogP contribution is -2.11. The normalized spacial score (nSPS) is 11.8. The molecule has 0 saturated carbocycles. The minimum atomic E-state index is -0.473. The van der Waals surface area contributed by atoms with Crippen LogP contribution >= 0.6 is 0 Å². The van der Waals surface area contributed by atoms with Gasteiger partial charge in [0.25, 0.3) is 0 Å². The topological polar surface area (TPSA) is 73.7 Å². The molecule has 1 aromatic rings. The second-order valence-electron chi connectivity index (χ2n) is 2.93. The highest BCUT2D eigenvalue weighted by Crippen LogP contribution is 2.16. The zero-order chi connectivity index (χ0) is 10.6. The quantitative estimate of drug-likeness (QED) is 0.714. The van der Waals surface area contributed by atoms with Crippen molar-refractivity contribution in [3.8, 4) is 6.07 Å². The SMILES string of the molecule is N#Cc1cc(F)cc([C@@H](N)CC=N)c1. The van der Waals surface area contributed by atoms with Crippen molar-refractivity contribution in [2.24, 2.45) is 5.73 Å². The van der Waals surface area contributed by atoms with Crippen molar-refractivity contribution < 1.29 is 4.39 Å². The number of halogens is 1. The molecule has 1 atom stereocenters. The van der Waals surface area contributed by atoms with E-state index in [4.69, 9.17) is 16.4 Å². The van der Waals surface area contributed by atoms with Crippen LogP contribution in [0.4, 0.5) is 4.39 Å². The number of nitrogens with two attached hydrogens (primary N) is 1. The molecule has 0 radical (unpaired) electrons. The van der Waals surface area contributed by atoms with Gasteiger partial charge in [-0.2, -0.15) is 5.26 Å². The minimum Gasteiger partial charge on any atom is -0.324 e. The molecule has 0 aliphatic heterocycles. The molecule has 0 fully saturated rings. The Hall–Kier alpha value is -1.73. The smallest absolute Gasteiger partial charge is 0.124 e. The lowest BCUT2D eigenvalue weighted by atomic mass is 10.0. The molecular formula is C10H10FN3. The number of nitrogens with zero attached hydrogens (tertiary/aromatic N) is 1. The largest absolute Gasteiger partial charge is 0.324 e. The van der Waals surface area contributed by atoms with Gasteiger partial charge in [-0.15, -0.1) is 0 Å². The van der Waals surface area contributed by atoms with Gasteiger partial charge in [0.15, 0.2) is 0 Å². The molecule has 0 heterocycles. The molecule has 0 aromatic heterocycles. The van der Waals surface area contributed by atoms with Crippen molar-refractivity contribution in [1.29, 1.82) is 10.7 Å². The molecule has 3 N–H and O–H groups in total. The van der Waals surface area contributed by atoms with E-state index in [-0.39, 0.29) is 5.56 Å². The van der Waals surface area contributed by atoms with Crippen molar-refractivity contribution in [3.05, 3.63) is 35.1 Å². The summed E-state index contributed by atoms with van der Waals surface area (Å²) in [4.78, 5) is 0. The van der Waals surface area contributed by atoms with Crippen LogP contribution in [0, 0.1) is 22.6 Å². The molecule has 0 bridgehead atoms. The first-order valence-corrected chi connectivity index (χ1v) is 4.12. The van der Waals surface area contributed by atoms with Crippen molar-refractivity contribution in [3.63, 3.8) is 0 Å². The fourth-order valence-corrected chi connectivity index (χ4v) is 1.15. The van der Waals surface area contributed by atoms with Crippen molar-refractivity contribution in [2.45, 2.75) is 12.5 Å². The van der Waals surface area contributed by atoms with E-state index in [1.165, 1.54) is 18.3 Å². The third-order valence-electron chi connectivity index (χ3n) is 1.85. The van der Waals surface area contributed by atoms with Gasteiger partial charge >= 0.3 is 0 Å². The van der Waals surface area contributed by atoms with Crippen LogP contribution in [0.25, 0.3) is 0 Å². The molecule has 1 aromatic carbocycles. The Morgan fingerprint density at radius 1 is 1.57 bits per heavy atom. The zero-order valence-corrected chi connectivity index (χ0v) is 7.50. The van der Waals surface area contributed by atoms with Gasteiger partial charge in [0.05, 0.1) is 11.6 Å². The summed E-state index contributed by atoms with van der Waals surface area (Å²) in [5.41, 5.74) is 6.47. The van der Waals surface area contributed by atoms with Gasteiger partial charge in [-0.1, -0.05) is 0 Å². The predicted molar refractivity (Wildman–Crippen MR) is 51.4 cm³/mol. The van der Waals surface area contributed by atoms with Crippen molar-refractivity contribution >= 4 is 6.21 Å². The first-order chi connectivity index (χ1) is 6.67. The maximum atomic E-state index is 13.0. The highest BCUT2D eigenvalue weighted by molar-refractivity contribution is 5.54. The van der Waals surface area contributed by atoms with Crippen LogP contribution in [0.1, 0.15) is 23.6 Å². The zero-order valence-electron chi connectivity index (χ0n) is 7.50. The fraction of sp³-hybridized carbons (Fsp3) is 0.200. The van der Waals surface area contributed by atoms with Crippen LogP contribution in [0.3, 0.4) is 0 Å². The highest BCUT2D eigenvalue weighted by Gasteiger charge is 2.07. The van der Waals surface area contributed by atoms with Crippen molar-refractivity contribution in [1.82, 2.24) is 0 Å². The molecule has 0 aliphatic rings. The standard InChI is InChI=1S/C10H10FN3/c11-9-4-7(6-13)3-8(5-9)10(14)1-2-12/h2-5,10,12H,1,14H2/t10-/m0/s1. The van der Waals surface area contributed by atoms with Gasteiger partial charge in [-0.25, -0.2) is 4.39 Å². The molecule has 0 saturated heterocycles. The second-order valence-corrected chi connectivity index (χ2v) is 2.93. The van der Waals surface area contributed by atoms with Gasteiger partial charge in [-0.05, 0) is 30.0 Å². The predicted octanol–water partition coefficient (Wildman–Crippen LogP) is 1.74. The average Bonchev–Trinajstić information content (AvgIpc) is 2.17. The molecule has 0 spiro atoms. The summed E-state index contributed by atoms with van der Waals surface area (Å²) >= 11 is 0. The number of hydrogen-bond acceptors (Lipinski definition) is 3. The fourth-order valence-electron chi connectivity index (χ4n) is 1.15. The average molecular weight is 191 g/mol. The van der Waals surface area contributed by atoms with Gasteiger partial charge in [0, 0.05) is 12.5 Å². The summed E-state index contributed by atoms with van der Waals surface area (Å²) in [5.74, 6) is -0.473. The Morgan fingerprint density at radius 2 is 2.29 bits per heavy atom. The summed E-state index contributed by atoms with van der Waals surface area (Å²) in [5, 5.41) is 15.5. The molecule has 72 valence electrons. The van der Waals surface area contributed by atoms with Crippen molar-refractivity contribution in [2.75, 3.05) is 0 Å². The third kappa shape index (κ3) is 2.38. The highest BCUT2D eigenvalue weighted by atomic mass is 19.1. The van der Waals surface area contributed by atoms with Gasteiger partial charge in [-0.3, -0.25) is 0 Å². The summed E-state index contributed by atoms with van der Waals surface area (Å²) in [6, 6.07) is 5.41. The van der Waals surface area contributed by atoms with E-state index in [1.807, 2.05) is 6.07 Å². The number of nitrogens with one attached hydrogen (secondary N) is 1. The molecule has 4 heteroatoms. The minimum absolute atomic E-state index is 0.250. The molecule has 0 amide bonds. The maximum Gasteiger partial charge on any atom is 0.124 e. The lowest BCUT2D eigenvalue weighted by Gasteiger charge is -2.09. The molecule has 3 nitrogen and oxygen atoms in total. The summed E-state index contributed by atoms with van der Waals surface area (Å²) < 4.78 is 13.0. The second kappa shape index (κ2) is 4.49. The van der Waals surface area contributed by atoms with Crippen LogP contribution in [-0.2, 0) is 0 Å². The Labute approximate surface area is 81.5 Å². The molecular weight excluding hydrogens is 181 g/mol. The van der Waals surface area contributed by atoms with Gasteiger partial charge < -0.3 is 11.1 Å². The van der Waals surface area contributed by atoms with E-state index < -0.39 is 11.9 Å².